The Hall–Kier alpha value is -3.94. The molecule has 8 heteroatoms. The van der Waals surface area contributed by atoms with Crippen LogP contribution in [0.1, 0.15) is 36.0 Å². The lowest BCUT2D eigenvalue weighted by atomic mass is 10.1. The second-order valence-electron chi connectivity index (χ2n) is 8.00. The second kappa shape index (κ2) is 8.30. The molecule has 2 aromatic carbocycles. The minimum Gasteiger partial charge on any atom is -0.448 e. The van der Waals surface area contributed by atoms with Crippen molar-refractivity contribution in [1.29, 1.82) is 0 Å². The molecule has 0 aliphatic heterocycles. The molecule has 1 aliphatic rings. The van der Waals surface area contributed by atoms with E-state index < -0.39 is 11.5 Å². The molecule has 0 bridgehead atoms. The maximum Gasteiger partial charge on any atom is 0.297 e. The molecule has 2 heterocycles. The molecule has 0 saturated heterocycles. The number of amides is 2. The Morgan fingerprint density at radius 1 is 1.06 bits per heavy atom. The van der Waals surface area contributed by atoms with Crippen molar-refractivity contribution < 1.29 is 14.0 Å². The van der Waals surface area contributed by atoms with Crippen molar-refractivity contribution in [3.8, 4) is 0 Å². The molecular formula is C24H22N4O4. The number of rotatable bonds is 5. The van der Waals surface area contributed by atoms with Crippen LogP contribution in [0, 0.1) is 0 Å². The van der Waals surface area contributed by atoms with Gasteiger partial charge in [-0.1, -0.05) is 37.1 Å². The Balaban J connectivity index is 1.35. The summed E-state index contributed by atoms with van der Waals surface area (Å²) >= 11 is 0. The van der Waals surface area contributed by atoms with Crippen LogP contribution in [0.2, 0.25) is 0 Å². The Morgan fingerprint density at radius 2 is 1.81 bits per heavy atom. The molecule has 2 amide bonds. The fourth-order valence-corrected chi connectivity index (χ4v) is 4.20. The van der Waals surface area contributed by atoms with E-state index in [1.54, 1.807) is 30.3 Å². The fraction of sp³-hybridized carbons (Fsp3) is 0.250. The normalized spacial score (nSPS) is 14.1. The van der Waals surface area contributed by atoms with Gasteiger partial charge in [-0.15, -0.1) is 0 Å². The lowest BCUT2D eigenvalue weighted by molar-refractivity contribution is -0.116. The van der Waals surface area contributed by atoms with Crippen molar-refractivity contribution in [3.63, 3.8) is 0 Å². The van der Waals surface area contributed by atoms with Crippen LogP contribution in [0.3, 0.4) is 0 Å². The van der Waals surface area contributed by atoms with Gasteiger partial charge in [-0.05, 0) is 37.1 Å². The number of nitrogens with zero attached hydrogens (tertiary/aromatic N) is 2. The lowest BCUT2D eigenvalue weighted by Crippen LogP contribution is -2.33. The van der Waals surface area contributed by atoms with Gasteiger partial charge in [-0.3, -0.25) is 19.0 Å². The Bertz CT molecular complexity index is 1380. The van der Waals surface area contributed by atoms with Crippen LogP contribution < -0.4 is 16.2 Å². The Morgan fingerprint density at radius 3 is 2.66 bits per heavy atom. The highest BCUT2D eigenvalue weighted by Crippen LogP contribution is 2.24. The fourth-order valence-electron chi connectivity index (χ4n) is 4.20. The van der Waals surface area contributed by atoms with Crippen molar-refractivity contribution in [2.24, 2.45) is 0 Å². The number of carbonyl (C=O) groups is 2. The molecule has 1 saturated carbocycles. The molecule has 5 rings (SSSR count). The molecule has 0 atom stereocenters. The number of fused-ring (bicyclic) bond motifs is 3. The van der Waals surface area contributed by atoms with Crippen LogP contribution in [0.4, 0.5) is 5.69 Å². The third kappa shape index (κ3) is 3.75. The largest absolute Gasteiger partial charge is 0.448 e. The van der Waals surface area contributed by atoms with Crippen molar-refractivity contribution >= 4 is 39.6 Å². The third-order valence-corrected chi connectivity index (χ3v) is 5.80. The van der Waals surface area contributed by atoms with E-state index in [1.807, 2.05) is 18.2 Å². The number of aromatic nitrogens is 2. The second-order valence-corrected chi connectivity index (χ2v) is 8.00. The van der Waals surface area contributed by atoms with Crippen molar-refractivity contribution in [3.05, 3.63) is 70.8 Å². The summed E-state index contributed by atoms with van der Waals surface area (Å²) in [6.45, 7) is -0.253. The van der Waals surface area contributed by atoms with Gasteiger partial charge in [0.25, 0.3) is 11.5 Å². The zero-order valence-electron chi connectivity index (χ0n) is 17.3. The summed E-state index contributed by atoms with van der Waals surface area (Å²) < 4.78 is 6.85. The first kappa shape index (κ1) is 20.0. The zero-order chi connectivity index (χ0) is 22.1. The van der Waals surface area contributed by atoms with Gasteiger partial charge in [0.15, 0.2) is 0 Å². The molecule has 1 aliphatic carbocycles. The van der Waals surface area contributed by atoms with E-state index >= 15 is 0 Å². The average Bonchev–Trinajstić information content (AvgIpc) is 3.44. The van der Waals surface area contributed by atoms with Crippen LogP contribution in [0.5, 0.6) is 0 Å². The summed E-state index contributed by atoms with van der Waals surface area (Å²) in [4.78, 5) is 42.6. The first-order valence-electron chi connectivity index (χ1n) is 10.7. The summed E-state index contributed by atoms with van der Waals surface area (Å²) in [5.41, 5.74) is 1.50. The summed E-state index contributed by atoms with van der Waals surface area (Å²) in [6, 6.07) is 14.3. The van der Waals surface area contributed by atoms with Gasteiger partial charge >= 0.3 is 0 Å². The smallest absolute Gasteiger partial charge is 0.297 e. The summed E-state index contributed by atoms with van der Waals surface area (Å²) in [6.07, 6.45) is 5.51. The number of hydrogen-bond donors (Lipinski definition) is 2. The van der Waals surface area contributed by atoms with E-state index in [2.05, 4.69) is 15.6 Å². The van der Waals surface area contributed by atoms with E-state index in [0.717, 1.165) is 31.1 Å². The molecule has 0 unspecified atom stereocenters. The quantitative estimate of drug-likeness (QED) is 0.504. The number of carbonyl (C=O) groups excluding carboxylic acids is 2. The predicted octanol–water partition coefficient (Wildman–Crippen LogP) is 3.45. The number of nitrogens with one attached hydrogen (secondary N) is 2. The standard InChI is InChI=1S/C24H22N4O4/c29-20(27-18-11-5-3-9-16(18)23(30)26-15-7-1-2-8-15)13-28-14-25-21-17-10-4-6-12-19(17)32-22(21)24(28)31/h3-6,9-12,14-15H,1-2,7-8,13H2,(H,26,30)(H,27,29). The van der Waals surface area contributed by atoms with Crippen LogP contribution >= 0.6 is 0 Å². The number of benzene rings is 2. The van der Waals surface area contributed by atoms with Crippen molar-refractivity contribution in [1.82, 2.24) is 14.9 Å². The average molecular weight is 430 g/mol. The predicted molar refractivity (Wildman–Crippen MR) is 121 cm³/mol. The maximum atomic E-state index is 12.8. The SMILES string of the molecule is O=C(Cn1cnc2c(oc3ccccc32)c1=O)Nc1ccccc1C(=O)NC1CCCC1. The molecule has 4 aromatic rings. The number of para-hydroxylation sites is 2. The van der Waals surface area contributed by atoms with Crippen molar-refractivity contribution in [2.75, 3.05) is 5.32 Å². The van der Waals surface area contributed by atoms with Crippen LogP contribution in [-0.4, -0.2) is 27.4 Å². The minimum absolute atomic E-state index is 0.109. The molecule has 2 N–H and O–H groups in total. The molecule has 1 fully saturated rings. The van der Waals surface area contributed by atoms with Gasteiger partial charge in [0.1, 0.15) is 17.6 Å². The number of furan rings is 1. The monoisotopic (exact) mass is 430 g/mol. The number of anilines is 1. The van der Waals surface area contributed by atoms with E-state index in [0.29, 0.717) is 22.4 Å². The molecule has 0 radical (unpaired) electrons. The highest BCUT2D eigenvalue weighted by atomic mass is 16.3. The topological polar surface area (TPSA) is 106 Å². The van der Waals surface area contributed by atoms with Gasteiger partial charge < -0.3 is 15.1 Å². The van der Waals surface area contributed by atoms with Gasteiger partial charge in [0.05, 0.1) is 17.6 Å². The molecule has 162 valence electrons. The number of hydrogen-bond acceptors (Lipinski definition) is 5. The first-order valence-corrected chi connectivity index (χ1v) is 10.7. The van der Waals surface area contributed by atoms with Crippen LogP contribution in [0.15, 0.2) is 64.1 Å². The van der Waals surface area contributed by atoms with Crippen molar-refractivity contribution in [2.45, 2.75) is 38.3 Å². The Labute approximate surface area is 183 Å². The highest BCUT2D eigenvalue weighted by Gasteiger charge is 2.20. The summed E-state index contributed by atoms with van der Waals surface area (Å²) in [5.74, 6) is -0.652. The maximum absolute atomic E-state index is 12.8. The van der Waals surface area contributed by atoms with E-state index in [1.165, 1.54) is 10.9 Å². The molecule has 0 spiro atoms. The Kier molecular flexibility index (Phi) is 5.18. The zero-order valence-corrected chi connectivity index (χ0v) is 17.3. The van der Waals surface area contributed by atoms with Crippen LogP contribution in [0.25, 0.3) is 22.1 Å². The molecule has 2 aromatic heterocycles. The highest BCUT2D eigenvalue weighted by molar-refractivity contribution is 6.04. The van der Waals surface area contributed by atoms with E-state index in [4.69, 9.17) is 4.42 Å². The van der Waals surface area contributed by atoms with Gasteiger partial charge in [-0.2, -0.15) is 0 Å². The lowest BCUT2D eigenvalue weighted by Gasteiger charge is -2.15. The summed E-state index contributed by atoms with van der Waals surface area (Å²) in [5, 5.41) is 6.53. The first-order chi connectivity index (χ1) is 15.6. The summed E-state index contributed by atoms with van der Waals surface area (Å²) in [7, 11) is 0. The molecular weight excluding hydrogens is 408 g/mol. The van der Waals surface area contributed by atoms with E-state index in [-0.39, 0.29) is 24.1 Å². The minimum atomic E-state index is -0.439. The van der Waals surface area contributed by atoms with E-state index in [9.17, 15) is 14.4 Å². The van der Waals surface area contributed by atoms with Gasteiger partial charge in [-0.25, -0.2) is 4.98 Å². The molecule has 32 heavy (non-hydrogen) atoms. The van der Waals surface area contributed by atoms with Gasteiger partial charge in [0.2, 0.25) is 11.5 Å². The third-order valence-electron chi connectivity index (χ3n) is 5.80. The van der Waals surface area contributed by atoms with Gasteiger partial charge in [0, 0.05) is 11.4 Å². The molecule has 8 nitrogen and oxygen atoms in total. The van der Waals surface area contributed by atoms with Crippen LogP contribution in [-0.2, 0) is 11.3 Å².